The van der Waals surface area contributed by atoms with Gasteiger partial charge in [0.05, 0.1) is 12.6 Å². The zero-order valence-corrected chi connectivity index (χ0v) is 8.36. The molecule has 2 N–H and O–H groups in total. The summed E-state index contributed by atoms with van der Waals surface area (Å²) in [5.41, 5.74) is 0. The molecule has 0 amide bonds. The minimum absolute atomic E-state index is 0.212. The van der Waals surface area contributed by atoms with Crippen LogP contribution in [0.4, 0.5) is 0 Å². The van der Waals surface area contributed by atoms with Gasteiger partial charge in [0.25, 0.3) is 0 Å². The van der Waals surface area contributed by atoms with Crippen LogP contribution in [-0.4, -0.2) is 34.4 Å². The Kier molecular flexibility index (Phi) is 3.10. The van der Waals surface area contributed by atoms with E-state index >= 15 is 0 Å². The van der Waals surface area contributed by atoms with Crippen molar-refractivity contribution in [3.8, 4) is 0 Å². The average Bonchev–Trinajstić information content (AvgIpc) is 2.72. The molecule has 2 rings (SSSR count). The molecular formula is C9H16N4O. The molecular weight excluding hydrogens is 180 g/mol. The van der Waals surface area contributed by atoms with Gasteiger partial charge < -0.3 is 10.1 Å². The highest BCUT2D eigenvalue weighted by Gasteiger charge is 2.17. The Labute approximate surface area is 83.3 Å². The lowest BCUT2D eigenvalue weighted by Crippen LogP contribution is -2.38. The number of ether oxygens (including phenoxy) is 1. The third-order valence-electron chi connectivity index (χ3n) is 2.49. The van der Waals surface area contributed by atoms with E-state index in [2.05, 4.69) is 27.4 Å². The van der Waals surface area contributed by atoms with Crippen molar-refractivity contribution >= 4 is 0 Å². The van der Waals surface area contributed by atoms with Gasteiger partial charge in [-0.05, 0) is 19.8 Å². The van der Waals surface area contributed by atoms with Gasteiger partial charge in [0.2, 0.25) is 0 Å². The van der Waals surface area contributed by atoms with Crippen molar-refractivity contribution in [2.45, 2.75) is 31.8 Å². The van der Waals surface area contributed by atoms with E-state index in [1.165, 1.54) is 12.7 Å². The van der Waals surface area contributed by atoms with Crippen molar-refractivity contribution in [2.75, 3.05) is 13.2 Å². The number of H-pyrrole nitrogens is 1. The van der Waals surface area contributed by atoms with Crippen LogP contribution in [-0.2, 0) is 4.74 Å². The molecule has 2 heterocycles. The van der Waals surface area contributed by atoms with Crippen LogP contribution in [0.5, 0.6) is 0 Å². The maximum Gasteiger partial charge on any atom is 0.141 e. The van der Waals surface area contributed by atoms with Gasteiger partial charge in [-0.25, -0.2) is 4.98 Å². The molecule has 2 unspecified atom stereocenters. The van der Waals surface area contributed by atoms with E-state index in [9.17, 15) is 0 Å². The van der Waals surface area contributed by atoms with Gasteiger partial charge >= 0.3 is 0 Å². The van der Waals surface area contributed by atoms with Crippen LogP contribution >= 0.6 is 0 Å². The minimum atomic E-state index is 0.212. The van der Waals surface area contributed by atoms with E-state index in [0.717, 1.165) is 25.5 Å². The van der Waals surface area contributed by atoms with Crippen molar-refractivity contribution in [1.82, 2.24) is 20.5 Å². The lowest BCUT2D eigenvalue weighted by molar-refractivity contribution is 0.0667. The predicted molar refractivity (Wildman–Crippen MR) is 51.8 cm³/mol. The maximum atomic E-state index is 5.39. The lowest BCUT2D eigenvalue weighted by atomic mass is 10.1. The highest BCUT2D eigenvalue weighted by molar-refractivity contribution is 4.90. The predicted octanol–water partition coefficient (Wildman–Crippen LogP) is 0.634. The first-order chi connectivity index (χ1) is 6.86. The summed E-state index contributed by atoms with van der Waals surface area (Å²) in [6.07, 6.45) is 3.85. The standard InChI is InChI=1S/C9H16N4O/c1-7(9-10-6-11-13-9)12-8-3-2-4-14-5-8/h6-8,12H,2-5H2,1H3,(H,10,11,13). The van der Waals surface area contributed by atoms with Gasteiger partial charge in [-0.2, -0.15) is 5.10 Å². The molecule has 0 saturated carbocycles. The maximum absolute atomic E-state index is 5.39. The molecule has 1 saturated heterocycles. The summed E-state index contributed by atoms with van der Waals surface area (Å²) < 4.78 is 5.39. The van der Waals surface area contributed by atoms with E-state index in [4.69, 9.17) is 4.74 Å². The monoisotopic (exact) mass is 196 g/mol. The molecule has 78 valence electrons. The fourth-order valence-electron chi connectivity index (χ4n) is 1.73. The minimum Gasteiger partial charge on any atom is -0.380 e. The van der Waals surface area contributed by atoms with Crippen molar-refractivity contribution in [3.63, 3.8) is 0 Å². The molecule has 0 radical (unpaired) electrons. The summed E-state index contributed by atoms with van der Waals surface area (Å²) in [6, 6.07) is 0.660. The Morgan fingerprint density at radius 1 is 1.71 bits per heavy atom. The van der Waals surface area contributed by atoms with Gasteiger partial charge in [0.1, 0.15) is 12.2 Å². The van der Waals surface area contributed by atoms with E-state index < -0.39 is 0 Å². The average molecular weight is 196 g/mol. The third kappa shape index (κ3) is 2.30. The first-order valence-corrected chi connectivity index (χ1v) is 5.05. The molecule has 14 heavy (non-hydrogen) atoms. The molecule has 1 aromatic heterocycles. The van der Waals surface area contributed by atoms with Gasteiger partial charge in [-0.3, -0.25) is 5.10 Å². The zero-order valence-electron chi connectivity index (χ0n) is 8.36. The fraction of sp³-hybridized carbons (Fsp3) is 0.778. The highest BCUT2D eigenvalue weighted by Crippen LogP contribution is 2.11. The van der Waals surface area contributed by atoms with E-state index in [0.29, 0.717) is 6.04 Å². The fourth-order valence-corrected chi connectivity index (χ4v) is 1.73. The van der Waals surface area contributed by atoms with Crippen LogP contribution in [0, 0.1) is 0 Å². The number of nitrogens with zero attached hydrogens (tertiary/aromatic N) is 2. The van der Waals surface area contributed by atoms with Crippen LogP contribution < -0.4 is 5.32 Å². The molecule has 1 fully saturated rings. The van der Waals surface area contributed by atoms with E-state index in [1.807, 2.05) is 0 Å². The van der Waals surface area contributed by atoms with Gasteiger partial charge in [0.15, 0.2) is 0 Å². The van der Waals surface area contributed by atoms with E-state index in [1.54, 1.807) is 0 Å². The normalized spacial score (nSPS) is 24.8. The second-order valence-electron chi connectivity index (χ2n) is 3.67. The van der Waals surface area contributed by atoms with Crippen molar-refractivity contribution < 1.29 is 4.74 Å². The first-order valence-electron chi connectivity index (χ1n) is 5.05. The number of nitrogens with one attached hydrogen (secondary N) is 2. The second kappa shape index (κ2) is 4.52. The Hall–Kier alpha value is -0.940. The second-order valence-corrected chi connectivity index (χ2v) is 3.67. The number of hydrogen-bond donors (Lipinski definition) is 2. The summed E-state index contributed by atoms with van der Waals surface area (Å²) in [5, 5.41) is 10.2. The number of hydrogen-bond acceptors (Lipinski definition) is 4. The zero-order chi connectivity index (χ0) is 9.80. The summed E-state index contributed by atoms with van der Waals surface area (Å²) in [4.78, 5) is 4.11. The van der Waals surface area contributed by atoms with Crippen LogP contribution in [0.25, 0.3) is 0 Å². The Bertz CT molecular complexity index is 256. The topological polar surface area (TPSA) is 62.8 Å². The Morgan fingerprint density at radius 3 is 3.29 bits per heavy atom. The van der Waals surface area contributed by atoms with E-state index in [-0.39, 0.29) is 6.04 Å². The molecule has 0 bridgehead atoms. The molecule has 0 spiro atoms. The van der Waals surface area contributed by atoms with Gasteiger partial charge in [0, 0.05) is 12.6 Å². The Balaban J connectivity index is 1.84. The van der Waals surface area contributed by atoms with Crippen LogP contribution in [0.15, 0.2) is 6.33 Å². The first kappa shape index (κ1) is 9.61. The van der Waals surface area contributed by atoms with Crippen molar-refractivity contribution in [3.05, 3.63) is 12.2 Å². The molecule has 0 aliphatic carbocycles. The highest BCUT2D eigenvalue weighted by atomic mass is 16.5. The molecule has 1 aliphatic rings. The number of aromatic amines is 1. The molecule has 5 heteroatoms. The summed E-state index contributed by atoms with van der Waals surface area (Å²) in [7, 11) is 0. The van der Waals surface area contributed by atoms with Crippen LogP contribution in [0.1, 0.15) is 31.6 Å². The molecule has 2 atom stereocenters. The van der Waals surface area contributed by atoms with Crippen molar-refractivity contribution in [2.24, 2.45) is 0 Å². The van der Waals surface area contributed by atoms with Gasteiger partial charge in [-0.1, -0.05) is 0 Å². The van der Waals surface area contributed by atoms with Crippen LogP contribution in [0.3, 0.4) is 0 Å². The quantitative estimate of drug-likeness (QED) is 0.744. The largest absolute Gasteiger partial charge is 0.380 e. The smallest absolute Gasteiger partial charge is 0.141 e. The van der Waals surface area contributed by atoms with Crippen LogP contribution in [0.2, 0.25) is 0 Å². The molecule has 1 aromatic rings. The van der Waals surface area contributed by atoms with Crippen molar-refractivity contribution in [1.29, 1.82) is 0 Å². The molecule has 1 aliphatic heterocycles. The summed E-state index contributed by atoms with van der Waals surface area (Å²) in [6.45, 7) is 3.78. The SMILES string of the molecule is CC(NC1CCCOC1)c1ncn[nH]1. The number of rotatable bonds is 3. The summed E-state index contributed by atoms with van der Waals surface area (Å²) in [5.74, 6) is 0.885. The molecule has 0 aromatic carbocycles. The number of aromatic nitrogens is 3. The van der Waals surface area contributed by atoms with Gasteiger partial charge in [-0.15, -0.1) is 0 Å². The molecule has 5 nitrogen and oxygen atoms in total. The summed E-state index contributed by atoms with van der Waals surface area (Å²) >= 11 is 0. The lowest BCUT2D eigenvalue weighted by Gasteiger charge is -2.25. The third-order valence-corrected chi connectivity index (χ3v) is 2.49. The Morgan fingerprint density at radius 2 is 2.64 bits per heavy atom.